The Hall–Kier alpha value is -2.86. The van der Waals surface area contributed by atoms with Gasteiger partial charge in [0.25, 0.3) is 0 Å². The standard InChI is InChI=1S/C20H24N4O2/c1-13(2)16-9-17(19(26)10-18(16)25)20-22-21-12-24(20)15-7-5-14(6-8-15)11-23(3)4/h5-10,12-13,25-26H,11H2,1-4H3. The maximum absolute atomic E-state index is 10.3. The van der Waals surface area contributed by atoms with Crippen LogP contribution in [-0.2, 0) is 6.54 Å². The van der Waals surface area contributed by atoms with Crippen molar-refractivity contribution in [2.75, 3.05) is 14.1 Å². The fraction of sp³-hybridized carbons (Fsp3) is 0.300. The summed E-state index contributed by atoms with van der Waals surface area (Å²) in [5.74, 6) is 0.714. The second kappa shape index (κ2) is 7.17. The van der Waals surface area contributed by atoms with Gasteiger partial charge < -0.3 is 15.1 Å². The van der Waals surface area contributed by atoms with Crippen molar-refractivity contribution in [2.24, 2.45) is 0 Å². The Bertz CT molecular complexity index is 899. The molecule has 0 unspecified atom stereocenters. The van der Waals surface area contributed by atoms with Crippen LogP contribution in [-0.4, -0.2) is 44.0 Å². The van der Waals surface area contributed by atoms with Gasteiger partial charge in [-0.2, -0.15) is 0 Å². The number of rotatable bonds is 5. The summed E-state index contributed by atoms with van der Waals surface area (Å²) in [6, 6.07) is 11.3. The number of phenols is 2. The van der Waals surface area contributed by atoms with Gasteiger partial charge in [0.1, 0.15) is 17.8 Å². The van der Waals surface area contributed by atoms with Crippen LogP contribution in [0.5, 0.6) is 11.5 Å². The van der Waals surface area contributed by atoms with Crippen LogP contribution in [0.3, 0.4) is 0 Å². The Morgan fingerprint density at radius 1 is 1.04 bits per heavy atom. The average molecular weight is 352 g/mol. The molecule has 0 atom stereocenters. The lowest BCUT2D eigenvalue weighted by atomic mass is 9.98. The van der Waals surface area contributed by atoms with Gasteiger partial charge in [0.05, 0.1) is 5.56 Å². The number of nitrogens with zero attached hydrogens (tertiary/aromatic N) is 4. The molecule has 3 rings (SSSR count). The Kier molecular flexibility index (Phi) is 4.95. The molecule has 1 heterocycles. The number of aromatic hydroxyl groups is 2. The molecule has 0 aliphatic carbocycles. The predicted molar refractivity (Wildman–Crippen MR) is 102 cm³/mol. The fourth-order valence-electron chi connectivity index (χ4n) is 2.97. The highest BCUT2D eigenvalue weighted by Crippen LogP contribution is 2.37. The van der Waals surface area contributed by atoms with E-state index >= 15 is 0 Å². The Balaban J connectivity index is 2.03. The maximum atomic E-state index is 10.3. The minimum atomic E-state index is -0.0228. The summed E-state index contributed by atoms with van der Waals surface area (Å²) in [6.07, 6.45) is 1.62. The molecule has 3 aromatic rings. The van der Waals surface area contributed by atoms with Crippen molar-refractivity contribution in [1.29, 1.82) is 0 Å². The van der Waals surface area contributed by atoms with Crippen LogP contribution >= 0.6 is 0 Å². The van der Waals surface area contributed by atoms with E-state index in [4.69, 9.17) is 0 Å². The van der Waals surface area contributed by atoms with Crippen LogP contribution < -0.4 is 0 Å². The average Bonchev–Trinajstić information content (AvgIpc) is 3.04. The molecule has 0 aliphatic rings. The fourth-order valence-corrected chi connectivity index (χ4v) is 2.97. The van der Waals surface area contributed by atoms with E-state index in [2.05, 4.69) is 27.2 Å². The molecule has 0 saturated carbocycles. The van der Waals surface area contributed by atoms with Gasteiger partial charge in [-0.1, -0.05) is 26.0 Å². The first-order chi connectivity index (χ1) is 12.4. The normalized spacial score (nSPS) is 11.5. The van der Waals surface area contributed by atoms with Crippen LogP contribution in [0.15, 0.2) is 42.7 Å². The monoisotopic (exact) mass is 352 g/mol. The topological polar surface area (TPSA) is 74.4 Å². The minimum Gasteiger partial charge on any atom is -0.508 e. The highest BCUT2D eigenvalue weighted by atomic mass is 16.3. The molecule has 0 aliphatic heterocycles. The van der Waals surface area contributed by atoms with Crippen LogP contribution in [0.25, 0.3) is 17.1 Å². The third kappa shape index (κ3) is 3.55. The molecule has 0 spiro atoms. The first kappa shape index (κ1) is 17.9. The zero-order valence-electron chi connectivity index (χ0n) is 15.5. The van der Waals surface area contributed by atoms with Crippen LogP contribution in [0.4, 0.5) is 0 Å². The number of hydrogen-bond donors (Lipinski definition) is 2. The zero-order chi connectivity index (χ0) is 18.8. The van der Waals surface area contributed by atoms with E-state index in [1.165, 1.54) is 11.6 Å². The highest BCUT2D eigenvalue weighted by molar-refractivity contribution is 5.69. The summed E-state index contributed by atoms with van der Waals surface area (Å²) in [4.78, 5) is 2.11. The summed E-state index contributed by atoms with van der Waals surface area (Å²) < 4.78 is 1.83. The van der Waals surface area contributed by atoms with Crippen LogP contribution in [0.2, 0.25) is 0 Å². The number of benzene rings is 2. The minimum absolute atomic E-state index is 0.0228. The van der Waals surface area contributed by atoms with Crippen LogP contribution in [0, 0.1) is 0 Å². The van der Waals surface area contributed by atoms with E-state index < -0.39 is 0 Å². The summed E-state index contributed by atoms with van der Waals surface area (Å²) in [7, 11) is 4.07. The number of phenolic OH excluding ortho intramolecular Hbond substituents is 2. The SMILES string of the molecule is CC(C)c1cc(-c2nncn2-c2ccc(CN(C)C)cc2)c(O)cc1O. The first-order valence-electron chi connectivity index (χ1n) is 8.57. The lowest BCUT2D eigenvalue weighted by molar-refractivity contribution is 0.402. The van der Waals surface area contributed by atoms with Gasteiger partial charge in [0.2, 0.25) is 0 Å². The molecule has 2 aromatic carbocycles. The molecule has 26 heavy (non-hydrogen) atoms. The van der Waals surface area contributed by atoms with Gasteiger partial charge in [-0.3, -0.25) is 4.57 Å². The molecule has 0 amide bonds. The molecule has 136 valence electrons. The van der Waals surface area contributed by atoms with Crippen molar-refractivity contribution in [3.8, 4) is 28.6 Å². The summed E-state index contributed by atoms with van der Waals surface area (Å²) in [5.41, 5.74) is 3.42. The van der Waals surface area contributed by atoms with Gasteiger partial charge in [-0.15, -0.1) is 10.2 Å². The first-order valence-corrected chi connectivity index (χ1v) is 8.57. The van der Waals surface area contributed by atoms with Gasteiger partial charge >= 0.3 is 0 Å². The van der Waals surface area contributed by atoms with Crippen molar-refractivity contribution < 1.29 is 10.2 Å². The van der Waals surface area contributed by atoms with Crippen molar-refractivity contribution in [3.63, 3.8) is 0 Å². The smallest absolute Gasteiger partial charge is 0.172 e. The Labute approximate surface area is 153 Å². The van der Waals surface area contributed by atoms with Crippen molar-refractivity contribution in [2.45, 2.75) is 26.3 Å². The van der Waals surface area contributed by atoms with E-state index in [1.54, 1.807) is 12.4 Å². The van der Waals surface area contributed by atoms with Crippen LogP contribution in [0.1, 0.15) is 30.9 Å². The van der Waals surface area contributed by atoms with E-state index in [0.29, 0.717) is 11.4 Å². The molecule has 0 saturated heterocycles. The molecule has 0 radical (unpaired) electrons. The molecule has 0 fully saturated rings. The third-order valence-electron chi connectivity index (χ3n) is 4.27. The quantitative estimate of drug-likeness (QED) is 0.735. The second-order valence-electron chi connectivity index (χ2n) is 7.01. The van der Waals surface area contributed by atoms with Gasteiger partial charge in [-0.05, 0) is 49.3 Å². The van der Waals surface area contributed by atoms with E-state index in [1.807, 2.05) is 44.6 Å². The molecule has 0 bridgehead atoms. The molecular weight excluding hydrogens is 328 g/mol. The van der Waals surface area contributed by atoms with Crippen molar-refractivity contribution in [1.82, 2.24) is 19.7 Å². The predicted octanol–water partition coefficient (Wildman–Crippen LogP) is 3.53. The largest absolute Gasteiger partial charge is 0.508 e. The molecule has 6 nitrogen and oxygen atoms in total. The van der Waals surface area contributed by atoms with E-state index in [-0.39, 0.29) is 17.4 Å². The van der Waals surface area contributed by atoms with Gasteiger partial charge in [-0.25, -0.2) is 0 Å². The maximum Gasteiger partial charge on any atom is 0.172 e. The molecule has 6 heteroatoms. The Morgan fingerprint density at radius 3 is 2.35 bits per heavy atom. The third-order valence-corrected chi connectivity index (χ3v) is 4.27. The van der Waals surface area contributed by atoms with Gasteiger partial charge in [0.15, 0.2) is 5.82 Å². The lowest BCUT2D eigenvalue weighted by Gasteiger charge is -2.14. The summed E-state index contributed by atoms with van der Waals surface area (Å²) in [5, 5.41) is 28.6. The Morgan fingerprint density at radius 2 is 1.73 bits per heavy atom. The van der Waals surface area contributed by atoms with Crippen molar-refractivity contribution in [3.05, 3.63) is 53.9 Å². The lowest BCUT2D eigenvalue weighted by Crippen LogP contribution is -2.10. The van der Waals surface area contributed by atoms with Crippen molar-refractivity contribution >= 4 is 0 Å². The molecule has 1 aromatic heterocycles. The molecule has 2 N–H and O–H groups in total. The highest BCUT2D eigenvalue weighted by Gasteiger charge is 2.17. The summed E-state index contributed by atoms with van der Waals surface area (Å²) >= 11 is 0. The second-order valence-corrected chi connectivity index (χ2v) is 7.01. The van der Waals surface area contributed by atoms with Gasteiger partial charge in [0, 0.05) is 18.3 Å². The molecular formula is C20H24N4O2. The van der Waals surface area contributed by atoms with E-state index in [0.717, 1.165) is 17.8 Å². The number of hydrogen-bond acceptors (Lipinski definition) is 5. The van der Waals surface area contributed by atoms with E-state index in [9.17, 15) is 10.2 Å². The zero-order valence-corrected chi connectivity index (χ0v) is 15.5. The summed E-state index contributed by atoms with van der Waals surface area (Å²) in [6.45, 7) is 4.85. The number of aromatic nitrogens is 3.